The smallest absolute Gasteiger partial charge is 0.336 e. The van der Waals surface area contributed by atoms with Crippen LogP contribution >= 0.6 is 0 Å². The summed E-state index contributed by atoms with van der Waals surface area (Å²) in [5.41, 5.74) is 6.22. The van der Waals surface area contributed by atoms with Crippen LogP contribution in [-0.4, -0.2) is 0 Å². The van der Waals surface area contributed by atoms with E-state index < -0.39 is 0 Å². The maximum atomic E-state index is 11.9. The van der Waals surface area contributed by atoms with Gasteiger partial charge in [0, 0.05) is 22.6 Å². The molecule has 0 bridgehead atoms. The van der Waals surface area contributed by atoms with Crippen molar-refractivity contribution in [2.75, 3.05) is 0 Å². The molecule has 0 aliphatic rings. The van der Waals surface area contributed by atoms with Crippen molar-refractivity contribution in [1.29, 1.82) is 0 Å². The molecule has 23 heavy (non-hydrogen) atoms. The van der Waals surface area contributed by atoms with Crippen LogP contribution < -0.4 is 10.9 Å². The summed E-state index contributed by atoms with van der Waals surface area (Å²) in [7, 11) is 0. The monoisotopic (exact) mass is 308 g/mol. The van der Waals surface area contributed by atoms with Gasteiger partial charge >= 0.3 is 5.63 Å². The number of rotatable bonds is 4. The van der Waals surface area contributed by atoms with E-state index in [2.05, 4.69) is 48.6 Å². The molecule has 3 nitrogen and oxygen atoms in total. The summed E-state index contributed by atoms with van der Waals surface area (Å²) < 4.78 is 5.42. The zero-order valence-corrected chi connectivity index (χ0v) is 13.8. The van der Waals surface area contributed by atoms with E-state index in [0.29, 0.717) is 0 Å². The number of hydrogen-bond acceptors (Lipinski definition) is 2. The molecule has 2 N–H and O–H groups in total. The lowest BCUT2D eigenvalue weighted by molar-refractivity contribution is -0.686. The Labute approximate surface area is 136 Å². The Balaban J connectivity index is 1.84. The number of fused-ring (bicyclic) bond motifs is 1. The molecule has 3 aromatic rings. The summed E-state index contributed by atoms with van der Waals surface area (Å²) in [6.07, 6.45) is 0. The van der Waals surface area contributed by atoms with E-state index in [0.717, 1.165) is 40.7 Å². The quantitative estimate of drug-likeness (QED) is 0.753. The third-order valence-corrected chi connectivity index (χ3v) is 4.38. The second-order valence-electron chi connectivity index (χ2n) is 6.16. The van der Waals surface area contributed by atoms with E-state index in [1.165, 1.54) is 11.1 Å². The van der Waals surface area contributed by atoms with E-state index in [9.17, 15) is 4.79 Å². The van der Waals surface area contributed by atoms with Crippen molar-refractivity contribution in [3.05, 3.63) is 80.7 Å². The van der Waals surface area contributed by atoms with E-state index in [-0.39, 0.29) is 5.63 Å². The van der Waals surface area contributed by atoms with Crippen LogP contribution in [0.4, 0.5) is 0 Å². The van der Waals surface area contributed by atoms with Gasteiger partial charge in [-0.05, 0) is 31.9 Å². The van der Waals surface area contributed by atoms with Gasteiger partial charge in [0.05, 0.1) is 0 Å². The average Bonchev–Trinajstić information content (AvgIpc) is 2.53. The van der Waals surface area contributed by atoms with E-state index in [1.807, 2.05) is 13.8 Å². The third-order valence-electron chi connectivity index (χ3n) is 4.38. The summed E-state index contributed by atoms with van der Waals surface area (Å²) in [5.74, 6) is 0. The molecule has 3 rings (SSSR count). The second-order valence-corrected chi connectivity index (χ2v) is 6.16. The molecule has 2 aromatic carbocycles. The lowest BCUT2D eigenvalue weighted by Crippen LogP contribution is -2.80. The molecular formula is C20H22NO2+. The zero-order chi connectivity index (χ0) is 16.4. The molecule has 0 amide bonds. The number of hydrogen-bond donors (Lipinski definition) is 1. The molecular weight excluding hydrogens is 286 g/mol. The van der Waals surface area contributed by atoms with Crippen molar-refractivity contribution in [2.24, 2.45) is 0 Å². The van der Waals surface area contributed by atoms with Crippen molar-refractivity contribution in [3.63, 3.8) is 0 Å². The van der Waals surface area contributed by atoms with Crippen LogP contribution in [0.3, 0.4) is 0 Å². The molecule has 3 heteroatoms. The van der Waals surface area contributed by atoms with E-state index in [1.54, 1.807) is 6.07 Å². The third kappa shape index (κ3) is 3.35. The van der Waals surface area contributed by atoms with Crippen LogP contribution in [0.1, 0.15) is 27.8 Å². The number of nitrogens with two attached hydrogens (primary N) is 1. The van der Waals surface area contributed by atoms with E-state index >= 15 is 0 Å². The van der Waals surface area contributed by atoms with Crippen molar-refractivity contribution in [1.82, 2.24) is 0 Å². The Hall–Kier alpha value is -2.39. The molecule has 0 saturated heterocycles. The first-order chi connectivity index (χ1) is 11.0. The van der Waals surface area contributed by atoms with Gasteiger partial charge in [-0.2, -0.15) is 0 Å². The van der Waals surface area contributed by atoms with Crippen LogP contribution in [0.5, 0.6) is 0 Å². The van der Waals surface area contributed by atoms with E-state index in [4.69, 9.17) is 4.42 Å². The van der Waals surface area contributed by atoms with Crippen molar-refractivity contribution in [3.8, 4) is 0 Å². The minimum Gasteiger partial charge on any atom is -0.422 e. The van der Waals surface area contributed by atoms with Gasteiger partial charge in [-0.1, -0.05) is 42.0 Å². The fraction of sp³-hybridized carbons (Fsp3) is 0.250. The highest BCUT2D eigenvalue weighted by Gasteiger charge is 2.10. The highest BCUT2D eigenvalue weighted by Crippen LogP contribution is 2.22. The predicted molar refractivity (Wildman–Crippen MR) is 92.5 cm³/mol. The molecule has 0 fully saturated rings. The van der Waals surface area contributed by atoms with Crippen molar-refractivity contribution >= 4 is 11.0 Å². The van der Waals surface area contributed by atoms with Crippen LogP contribution in [-0.2, 0) is 13.1 Å². The SMILES string of the molecule is Cc1ccc(C[NH2+]Cc2cc(=O)oc3c(C)c(C)ccc23)cc1. The normalized spacial score (nSPS) is 11.1. The number of quaternary nitrogens is 1. The van der Waals surface area contributed by atoms with Crippen LogP contribution in [0.15, 0.2) is 51.7 Å². The number of aryl methyl sites for hydroxylation is 3. The van der Waals surface area contributed by atoms with Crippen molar-refractivity contribution < 1.29 is 9.73 Å². The molecule has 0 saturated carbocycles. The standard InChI is InChI=1S/C20H21NO2/c1-13-4-7-16(8-5-13)11-21-12-17-10-19(22)23-20-15(3)14(2)6-9-18(17)20/h4-10,21H,11-12H2,1-3H3/p+1. The van der Waals surface area contributed by atoms with Gasteiger partial charge in [0.2, 0.25) is 0 Å². The summed E-state index contributed by atoms with van der Waals surface area (Å²) in [6, 6.07) is 14.3. The minimum atomic E-state index is -0.273. The summed E-state index contributed by atoms with van der Waals surface area (Å²) in [5, 5.41) is 3.25. The van der Waals surface area contributed by atoms with Crippen LogP contribution in [0.25, 0.3) is 11.0 Å². The largest absolute Gasteiger partial charge is 0.422 e. The first-order valence-electron chi connectivity index (χ1n) is 7.95. The highest BCUT2D eigenvalue weighted by molar-refractivity contribution is 5.83. The summed E-state index contributed by atoms with van der Waals surface area (Å²) in [4.78, 5) is 11.9. The van der Waals surface area contributed by atoms with Gasteiger partial charge in [-0.25, -0.2) is 4.79 Å². The zero-order valence-electron chi connectivity index (χ0n) is 13.8. The molecule has 0 unspecified atom stereocenters. The Kier molecular flexibility index (Phi) is 4.30. The number of benzene rings is 2. The Morgan fingerprint density at radius 1 is 0.957 bits per heavy atom. The van der Waals surface area contributed by atoms with Crippen LogP contribution in [0, 0.1) is 20.8 Å². The molecule has 1 aromatic heterocycles. The highest BCUT2D eigenvalue weighted by atomic mass is 16.4. The average molecular weight is 308 g/mol. The van der Waals surface area contributed by atoms with Crippen molar-refractivity contribution in [2.45, 2.75) is 33.9 Å². The molecule has 0 spiro atoms. The fourth-order valence-corrected chi connectivity index (χ4v) is 2.81. The predicted octanol–water partition coefficient (Wildman–Crippen LogP) is 2.98. The topological polar surface area (TPSA) is 46.8 Å². The maximum absolute atomic E-state index is 11.9. The minimum absolute atomic E-state index is 0.273. The first-order valence-corrected chi connectivity index (χ1v) is 7.95. The second kappa shape index (κ2) is 6.39. The molecule has 0 atom stereocenters. The van der Waals surface area contributed by atoms with Gasteiger partial charge in [-0.15, -0.1) is 0 Å². The first kappa shape index (κ1) is 15.5. The molecule has 1 heterocycles. The molecule has 118 valence electrons. The van der Waals surface area contributed by atoms with Crippen LogP contribution in [0.2, 0.25) is 0 Å². The molecule has 0 radical (unpaired) electrons. The molecule has 0 aliphatic heterocycles. The van der Waals surface area contributed by atoms with Gasteiger partial charge in [0.15, 0.2) is 0 Å². The van der Waals surface area contributed by atoms with Gasteiger partial charge < -0.3 is 9.73 Å². The fourth-order valence-electron chi connectivity index (χ4n) is 2.81. The Morgan fingerprint density at radius 3 is 2.43 bits per heavy atom. The van der Waals surface area contributed by atoms with Gasteiger partial charge in [0.25, 0.3) is 0 Å². The van der Waals surface area contributed by atoms with Gasteiger partial charge in [-0.3, -0.25) is 0 Å². The van der Waals surface area contributed by atoms with Gasteiger partial charge in [0.1, 0.15) is 18.7 Å². The summed E-state index contributed by atoms with van der Waals surface area (Å²) >= 11 is 0. The lowest BCUT2D eigenvalue weighted by Gasteiger charge is -2.08. The lowest BCUT2D eigenvalue weighted by atomic mass is 10.0. The molecule has 0 aliphatic carbocycles. The maximum Gasteiger partial charge on any atom is 0.336 e. The summed E-state index contributed by atoms with van der Waals surface area (Å²) in [6.45, 7) is 7.78. The Bertz CT molecular complexity index is 892. The Morgan fingerprint density at radius 2 is 1.70 bits per heavy atom.